The Morgan fingerprint density at radius 1 is 1.23 bits per heavy atom. The first-order valence-electron chi connectivity index (χ1n) is 8.86. The number of rotatable bonds is 5. The van der Waals surface area contributed by atoms with Crippen molar-refractivity contribution < 1.29 is 4.74 Å². The first-order chi connectivity index (χ1) is 10.6. The minimum Gasteiger partial charge on any atom is -0.376 e. The lowest BCUT2D eigenvalue weighted by molar-refractivity contribution is 0.0609. The van der Waals surface area contributed by atoms with Crippen molar-refractivity contribution in [3.8, 4) is 0 Å². The molecule has 2 aliphatic rings. The summed E-state index contributed by atoms with van der Waals surface area (Å²) in [5, 5.41) is 0. The molecule has 0 radical (unpaired) electrons. The van der Waals surface area contributed by atoms with Gasteiger partial charge < -0.3 is 9.64 Å². The number of aromatic nitrogens is 2. The largest absolute Gasteiger partial charge is 0.376 e. The molecule has 122 valence electrons. The SMILES string of the molecule is Cc1nc2c(c(N3CCC(OCCC(C)C)C3)n1)CCCC2. The lowest BCUT2D eigenvalue weighted by atomic mass is 9.96. The van der Waals surface area contributed by atoms with Crippen molar-refractivity contribution in [1.29, 1.82) is 0 Å². The van der Waals surface area contributed by atoms with Crippen LogP contribution in [0.2, 0.25) is 0 Å². The summed E-state index contributed by atoms with van der Waals surface area (Å²) in [6, 6.07) is 0. The number of aryl methyl sites for hydroxylation is 2. The predicted octanol–water partition coefficient (Wildman–Crippen LogP) is 3.31. The van der Waals surface area contributed by atoms with E-state index in [0.717, 1.165) is 51.2 Å². The van der Waals surface area contributed by atoms with Crippen molar-refractivity contribution in [2.75, 3.05) is 24.6 Å². The smallest absolute Gasteiger partial charge is 0.135 e. The van der Waals surface area contributed by atoms with Gasteiger partial charge in [0, 0.05) is 31.0 Å². The summed E-state index contributed by atoms with van der Waals surface area (Å²) < 4.78 is 6.05. The quantitative estimate of drug-likeness (QED) is 0.836. The van der Waals surface area contributed by atoms with E-state index in [0.29, 0.717) is 12.0 Å². The van der Waals surface area contributed by atoms with Crippen molar-refractivity contribution in [2.24, 2.45) is 5.92 Å². The molecule has 3 rings (SSSR count). The Morgan fingerprint density at radius 3 is 2.86 bits per heavy atom. The van der Waals surface area contributed by atoms with Gasteiger partial charge in [-0.25, -0.2) is 9.97 Å². The van der Waals surface area contributed by atoms with Crippen LogP contribution in [-0.2, 0) is 17.6 Å². The summed E-state index contributed by atoms with van der Waals surface area (Å²) >= 11 is 0. The molecule has 1 atom stereocenters. The Morgan fingerprint density at radius 2 is 2.05 bits per heavy atom. The topological polar surface area (TPSA) is 38.2 Å². The van der Waals surface area contributed by atoms with Crippen LogP contribution in [0.15, 0.2) is 0 Å². The summed E-state index contributed by atoms with van der Waals surface area (Å²) in [6.45, 7) is 9.46. The van der Waals surface area contributed by atoms with Gasteiger partial charge in [-0.3, -0.25) is 0 Å². The third-order valence-corrected chi connectivity index (χ3v) is 4.77. The number of ether oxygens (including phenoxy) is 1. The van der Waals surface area contributed by atoms with E-state index in [1.54, 1.807) is 0 Å². The van der Waals surface area contributed by atoms with Crippen molar-refractivity contribution >= 4 is 5.82 Å². The van der Waals surface area contributed by atoms with Gasteiger partial charge in [0.05, 0.1) is 6.10 Å². The zero-order valence-corrected chi connectivity index (χ0v) is 14.3. The molecule has 1 aliphatic heterocycles. The molecular formula is C18H29N3O. The molecule has 1 saturated heterocycles. The highest BCUT2D eigenvalue weighted by Crippen LogP contribution is 2.30. The summed E-state index contributed by atoms with van der Waals surface area (Å²) in [7, 11) is 0. The molecule has 4 nitrogen and oxygen atoms in total. The Labute approximate surface area is 134 Å². The Kier molecular flexibility index (Phi) is 4.97. The molecule has 0 amide bonds. The number of anilines is 1. The van der Waals surface area contributed by atoms with E-state index >= 15 is 0 Å². The van der Waals surface area contributed by atoms with Gasteiger partial charge in [0.25, 0.3) is 0 Å². The van der Waals surface area contributed by atoms with Crippen LogP contribution in [0, 0.1) is 12.8 Å². The van der Waals surface area contributed by atoms with Gasteiger partial charge >= 0.3 is 0 Å². The number of hydrogen-bond acceptors (Lipinski definition) is 4. The Bertz CT molecular complexity index is 515. The molecule has 22 heavy (non-hydrogen) atoms. The lowest BCUT2D eigenvalue weighted by Crippen LogP contribution is -2.27. The molecule has 0 aromatic carbocycles. The molecule has 2 heterocycles. The maximum Gasteiger partial charge on any atom is 0.135 e. The molecule has 0 bridgehead atoms. The second kappa shape index (κ2) is 6.95. The van der Waals surface area contributed by atoms with Crippen LogP contribution < -0.4 is 4.90 Å². The number of nitrogens with zero attached hydrogens (tertiary/aromatic N) is 3. The maximum absolute atomic E-state index is 6.05. The first kappa shape index (κ1) is 15.7. The van der Waals surface area contributed by atoms with Crippen LogP contribution in [0.4, 0.5) is 5.82 Å². The molecular weight excluding hydrogens is 274 g/mol. The average molecular weight is 303 g/mol. The molecule has 1 aromatic rings. The van der Waals surface area contributed by atoms with Crippen LogP contribution in [0.1, 0.15) is 56.6 Å². The molecule has 1 fully saturated rings. The molecule has 1 aromatic heterocycles. The van der Waals surface area contributed by atoms with Gasteiger partial charge in [-0.2, -0.15) is 0 Å². The lowest BCUT2D eigenvalue weighted by Gasteiger charge is -2.25. The summed E-state index contributed by atoms with van der Waals surface area (Å²) in [4.78, 5) is 11.9. The minimum absolute atomic E-state index is 0.369. The van der Waals surface area contributed by atoms with E-state index in [1.165, 1.54) is 29.9 Å². The minimum atomic E-state index is 0.369. The third kappa shape index (κ3) is 3.60. The summed E-state index contributed by atoms with van der Waals surface area (Å²) in [5.41, 5.74) is 2.69. The van der Waals surface area contributed by atoms with E-state index in [1.807, 2.05) is 6.92 Å². The van der Waals surface area contributed by atoms with E-state index in [-0.39, 0.29) is 0 Å². The van der Waals surface area contributed by atoms with E-state index in [4.69, 9.17) is 9.72 Å². The van der Waals surface area contributed by atoms with Crippen molar-refractivity contribution in [1.82, 2.24) is 9.97 Å². The van der Waals surface area contributed by atoms with Crippen molar-refractivity contribution in [2.45, 2.75) is 65.4 Å². The van der Waals surface area contributed by atoms with Gasteiger partial charge in [-0.15, -0.1) is 0 Å². The van der Waals surface area contributed by atoms with Gasteiger partial charge in [-0.05, 0) is 51.4 Å². The fourth-order valence-corrected chi connectivity index (χ4v) is 3.48. The van der Waals surface area contributed by atoms with E-state index < -0.39 is 0 Å². The summed E-state index contributed by atoms with van der Waals surface area (Å²) in [6.07, 6.45) is 7.44. The first-order valence-corrected chi connectivity index (χ1v) is 8.86. The van der Waals surface area contributed by atoms with Gasteiger partial charge in [-0.1, -0.05) is 13.8 Å². The van der Waals surface area contributed by atoms with Gasteiger partial charge in [0.15, 0.2) is 0 Å². The van der Waals surface area contributed by atoms with Gasteiger partial charge in [0.1, 0.15) is 11.6 Å². The fourth-order valence-electron chi connectivity index (χ4n) is 3.48. The zero-order chi connectivity index (χ0) is 15.5. The van der Waals surface area contributed by atoms with E-state index in [9.17, 15) is 0 Å². The van der Waals surface area contributed by atoms with E-state index in [2.05, 4.69) is 23.7 Å². The maximum atomic E-state index is 6.05. The standard InChI is InChI=1S/C18H29N3O/c1-13(2)9-11-22-15-8-10-21(12-15)18-16-6-4-5-7-17(16)19-14(3)20-18/h13,15H,4-12H2,1-3H3. The fraction of sp³-hybridized carbons (Fsp3) is 0.778. The van der Waals surface area contributed by atoms with Gasteiger partial charge in [0.2, 0.25) is 0 Å². The van der Waals surface area contributed by atoms with Crippen LogP contribution in [0.3, 0.4) is 0 Å². The average Bonchev–Trinajstić information content (AvgIpc) is 2.94. The second-order valence-electron chi connectivity index (χ2n) is 7.14. The van der Waals surface area contributed by atoms with Crippen LogP contribution >= 0.6 is 0 Å². The molecule has 1 unspecified atom stereocenters. The monoisotopic (exact) mass is 303 g/mol. The predicted molar refractivity (Wildman–Crippen MR) is 89.4 cm³/mol. The molecule has 0 spiro atoms. The molecule has 0 N–H and O–H groups in total. The van der Waals surface area contributed by atoms with Crippen LogP contribution in [0.25, 0.3) is 0 Å². The van der Waals surface area contributed by atoms with Crippen LogP contribution in [0.5, 0.6) is 0 Å². The molecule has 4 heteroatoms. The number of fused-ring (bicyclic) bond motifs is 1. The highest BCUT2D eigenvalue weighted by Gasteiger charge is 2.28. The molecule has 1 aliphatic carbocycles. The molecule has 0 saturated carbocycles. The Hall–Kier alpha value is -1.16. The third-order valence-electron chi connectivity index (χ3n) is 4.77. The number of hydrogen-bond donors (Lipinski definition) is 0. The zero-order valence-electron chi connectivity index (χ0n) is 14.3. The Balaban J connectivity index is 1.66. The second-order valence-corrected chi connectivity index (χ2v) is 7.14. The van der Waals surface area contributed by atoms with Crippen molar-refractivity contribution in [3.05, 3.63) is 17.1 Å². The normalized spacial score (nSPS) is 21.5. The van der Waals surface area contributed by atoms with Crippen LogP contribution in [-0.4, -0.2) is 35.8 Å². The highest BCUT2D eigenvalue weighted by atomic mass is 16.5. The highest BCUT2D eigenvalue weighted by molar-refractivity contribution is 5.51. The van der Waals surface area contributed by atoms with Crippen molar-refractivity contribution in [3.63, 3.8) is 0 Å². The summed E-state index contributed by atoms with van der Waals surface area (Å²) in [5.74, 6) is 2.83.